The Bertz CT molecular complexity index is 1140. The van der Waals surface area contributed by atoms with E-state index in [9.17, 15) is 23.4 Å². The van der Waals surface area contributed by atoms with E-state index in [0.29, 0.717) is 5.56 Å². The van der Waals surface area contributed by atoms with Gasteiger partial charge in [-0.3, -0.25) is 9.98 Å². The molecule has 36 heavy (non-hydrogen) atoms. The predicted octanol–water partition coefficient (Wildman–Crippen LogP) is 7.56. The number of aliphatic imine (C=N–C) groups is 2. The molecular formula is C29H37F3N2O2. The average Bonchev–Trinajstić information content (AvgIpc) is 2.76. The number of halogens is 3. The van der Waals surface area contributed by atoms with Gasteiger partial charge in [-0.2, -0.15) is 13.2 Å². The third-order valence-electron chi connectivity index (χ3n) is 6.69. The Morgan fingerprint density at radius 1 is 0.750 bits per heavy atom. The number of hydrogen-bond donors (Lipinski definition) is 2. The second-order valence-corrected chi connectivity index (χ2v) is 11.7. The molecule has 4 nitrogen and oxygen atoms in total. The van der Waals surface area contributed by atoms with E-state index >= 15 is 0 Å². The average molecular weight is 503 g/mol. The minimum atomic E-state index is -4.64. The Kier molecular flexibility index (Phi) is 7.92. The van der Waals surface area contributed by atoms with Gasteiger partial charge in [0, 0.05) is 29.1 Å². The lowest BCUT2D eigenvalue weighted by atomic mass is 9.79. The van der Waals surface area contributed by atoms with Gasteiger partial charge in [-0.25, -0.2) is 0 Å². The summed E-state index contributed by atoms with van der Waals surface area (Å²) in [5.74, 6) is -0.604. The zero-order valence-electron chi connectivity index (χ0n) is 21.9. The maximum absolute atomic E-state index is 13.1. The Morgan fingerprint density at radius 2 is 1.28 bits per heavy atom. The fourth-order valence-corrected chi connectivity index (χ4v) is 4.45. The van der Waals surface area contributed by atoms with E-state index < -0.39 is 17.5 Å². The maximum atomic E-state index is 13.1. The summed E-state index contributed by atoms with van der Waals surface area (Å²) in [4.78, 5) is 9.33. The summed E-state index contributed by atoms with van der Waals surface area (Å²) in [7, 11) is 0. The van der Waals surface area contributed by atoms with Crippen molar-refractivity contribution in [3.8, 4) is 11.5 Å². The summed E-state index contributed by atoms with van der Waals surface area (Å²) in [5.41, 5.74) is 1.20. The largest absolute Gasteiger partial charge is 0.507 e. The molecule has 2 N–H and O–H groups in total. The first kappa shape index (κ1) is 27.8. The van der Waals surface area contributed by atoms with Crippen molar-refractivity contribution >= 4 is 12.4 Å². The first-order valence-electron chi connectivity index (χ1n) is 12.4. The molecule has 0 unspecified atom stereocenters. The molecule has 2 aromatic rings. The molecule has 7 heteroatoms. The van der Waals surface area contributed by atoms with Crippen LogP contribution in [0.1, 0.15) is 95.0 Å². The number of aromatic hydroxyl groups is 2. The number of phenolic OH excluding ortho intramolecular Hbond substituents is 2. The van der Waals surface area contributed by atoms with Crippen LogP contribution in [-0.4, -0.2) is 34.7 Å². The van der Waals surface area contributed by atoms with Gasteiger partial charge in [0.1, 0.15) is 11.5 Å². The van der Waals surface area contributed by atoms with Gasteiger partial charge < -0.3 is 10.2 Å². The Labute approximate surface area is 212 Å². The van der Waals surface area contributed by atoms with E-state index in [1.807, 2.05) is 6.07 Å². The Hall–Kier alpha value is -2.83. The molecule has 2 atom stereocenters. The van der Waals surface area contributed by atoms with Crippen molar-refractivity contribution in [3.05, 3.63) is 58.1 Å². The summed E-state index contributed by atoms with van der Waals surface area (Å²) >= 11 is 0. The van der Waals surface area contributed by atoms with Crippen LogP contribution in [0.15, 0.2) is 40.3 Å². The molecule has 0 spiro atoms. The molecule has 1 saturated carbocycles. The smallest absolute Gasteiger partial charge is 0.419 e. The van der Waals surface area contributed by atoms with Crippen molar-refractivity contribution in [1.82, 2.24) is 0 Å². The van der Waals surface area contributed by atoms with Gasteiger partial charge in [0.25, 0.3) is 0 Å². The SMILES string of the molecule is CC(C)(C)c1cc(C=N[C@@H]2CCCC[C@H]2N=Cc2cccc(C(F)(F)F)c2O)c(O)c(C(C)(C)C)c1. The van der Waals surface area contributed by atoms with E-state index in [1.165, 1.54) is 18.3 Å². The Balaban J connectivity index is 1.92. The number of hydrogen-bond acceptors (Lipinski definition) is 4. The van der Waals surface area contributed by atoms with Gasteiger partial charge in [0.05, 0.1) is 17.6 Å². The first-order valence-corrected chi connectivity index (χ1v) is 12.4. The monoisotopic (exact) mass is 502 g/mol. The molecule has 0 heterocycles. The normalized spacial score (nSPS) is 19.9. The number of para-hydroxylation sites is 1. The minimum absolute atomic E-state index is 0.0310. The van der Waals surface area contributed by atoms with E-state index in [0.717, 1.165) is 42.9 Å². The highest BCUT2D eigenvalue weighted by Gasteiger charge is 2.34. The topological polar surface area (TPSA) is 65.2 Å². The second-order valence-electron chi connectivity index (χ2n) is 11.7. The van der Waals surface area contributed by atoms with Crippen LogP contribution in [0, 0.1) is 0 Å². The van der Waals surface area contributed by atoms with E-state index in [-0.39, 0.29) is 34.2 Å². The van der Waals surface area contributed by atoms with Crippen LogP contribution >= 0.6 is 0 Å². The number of alkyl halides is 3. The quantitative estimate of drug-likeness (QED) is 0.424. The van der Waals surface area contributed by atoms with Gasteiger partial charge >= 0.3 is 6.18 Å². The summed E-state index contributed by atoms with van der Waals surface area (Å²) in [6.45, 7) is 12.6. The van der Waals surface area contributed by atoms with Crippen molar-refractivity contribution in [3.63, 3.8) is 0 Å². The van der Waals surface area contributed by atoms with Crippen LogP contribution in [0.2, 0.25) is 0 Å². The molecule has 0 bridgehead atoms. The zero-order valence-corrected chi connectivity index (χ0v) is 21.9. The van der Waals surface area contributed by atoms with Crippen LogP contribution in [0.5, 0.6) is 11.5 Å². The molecule has 1 aliphatic rings. The van der Waals surface area contributed by atoms with Crippen LogP contribution in [0.4, 0.5) is 13.2 Å². The standard InChI is InChI=1S/C29H37F3N2O2/c1-27(2,3)20-14-19(26(36)22(15-20)28(4,5)6)17-34-24-13-8-7-12-23(24)33-16-18-10-9-11-21(25(18)35)29(30,31)32/h9-11,14-17,23-24,35-36H,7-8,12-13H2,1-6H3/t23-,24-/m1/s1. The lowest BCUT2D eigenvalue weighted by molar-refractivity contribution is -0.138. The number of rotatable bonds is 4. The number of nitrogens with zero attached hydrogens (tertiary/aromatic N) is 2. The molecule has 0 saturated heterocycles. The summed E-state index contributed by atoms with van der Waals surface area (Å²) < 4.78 is 39.4. The van der Waals surface area contributed by atoms with E-state index in [2.05, 4.69) is 52.6 Å². The zero-order chi connectivity index (χ0) is 26.9. The molecule has 1 fully saturated rings. The molecule has 0 radical (unpaired) electrons. The molecule has 1 aliphatic carbocycles. The number of benzene rings is 2. The summed E-state index contributed by atoms with van der Waals surface area (Å²) in [6, 6.07) is 7.16. The van der Waals surface area contributed by atoms with Gasteiger partial charge in [0.15, 0.2) is 0 Å². The van der Waals surface area contributed by atoms with Crippen molar-refractivity contribution in [2.24, 2.45) is 9.98 Å². The number of phenols is 2. The fraction of sp³-hybridized carbons (Fsp3) is 0.517. The third kappa shape index (κ3) is 6.48. The minimum Gasteiger partial charge on any atom is -0.507 e. The van der Waals surface area contributed by atoms with Crippen LogP contribution in [-0.2, 0) is 17.0 Å². The summed E-state index contributed by atoms with van der Waals surface area (Å²) in [6.07, 6.45) is 1.85. The second kappa shape index (κ2) is 10.3. The first-order chi connectivity index (χ1) is 16.6. The van der Waals surface area contributed by atoms with Crippen molar-refractivity contribution in [2.45, 2.75) is 96.3 Å². The lowest BCUT2D eigenvalue weighted by Crippen LogP contribution is -2.27. The highest BCUT2D eigenvalue weighted by atomic mass is 19.4. The van der Waals surface area contributed by atoms with Gasteiger partial charge in [-0.05, 0) is 47.4 Å². The van der Waals surface area contributed by atoms with Crippen molar-refractivity contribution in [2.75, 3.05) is 0 Å². The van der Waals surface area contributed by atoms with Crippen LogP contribution < -0.4 is 0 Å². The molecule has 0 aromatic heterocycles. The van der Waals surface area contributed by atoms with Crippen molar-refractivity contribution < 1.29 is 23.4 Å². The molecule has 3 rings (SSSR count). The molecular weight excluding hydrogens is 465 g/mol. The molecule has 196 valence electrons. The lowest BCUT2D eigenvalue weighted by Gasteiger charge is -2.27. The van der Waals surface area contributed by atoms with E-state index in [4.69, 9.17) is 4.99 Å². The highest BCUT2D eigenvalue weighted by molar-refractivity contribution is 5.86. The maximum Gasteiger partial charge on any atom is 0.419 e. The third-order valence-corrected chi connectivity index (χ3v) is 6.69. The summed E-state index contributed by atoms with van der Waals surface area (Å²) in [5, 5.41) is 21.2. The van der Waals surface area contributed by atoms with Gasteiger partial charge in [-0.1, -0.05) is 66.5 Å². The van der Waals surface area contributed by atoms with Crippen LogP contribution in [0.25, 0.3) is 0 Å². The predicted molar refractivity (Wildman–Crippen MR) is 140 cm³/mol. The van der Waals surface area contributed by atoms with Gasteiger partial charge in [-0.15, -0.1) is 0 Å². The molecule has 0 amide bonds. The molecule has 0 aliphatic heterocycles. The Morgan fingerprint density at radius 3 is 1.78 bits per heavy atom. The van der Waals surface area contributed by atoms with E-state index in [1.54, 1.807) is 6.21 Å². The molecule has 2 aromatic carbocycles. The van der Waals surface area contributed by atoms with Crippen molar-refractivity contribution in [1.29, 1.82) is 0 Å². The van der Waals surface area contributed by atoms with Crippen LogP contribution in [0.3, 0.4) is 0 Å². The fourth-order valence-electron chi connectivity index (χ4n) is 4.45. The van der Waals surface area contributed by atoms with Gasteiger partial charge in [0.2, 0.25) is 0 Å². The highest BCUT2D eigenvalue weighted by Crippen LogP contribution is 2.38.